The van der Waals surface area contributed by atoms with E-state index in [-0.39, 0.29) is 0 Å². The number of rotatable bonds is 3. The lowest BCUT2D eigenvalue weighted by Gasteiger charge is -2.15. The standard InChI is InChI=1S/C11H18N2/c1-3-6-12-11-8-13(7-9(11)2)10-4-5-10/h1,9-12H,4-8H2,2H3. The highest BCUT2D eigenvalue weighted by molar-refractivity contribution is 4.97. The molecule has 1 aliphatic heterocycles. The monoisotopic (exact) mass is 178 g/mol. The lowest BCUT2D eigenvalue weighted by Crippen LogP contribution is -2.35. The van der Waals surface area contributed by atoms with Crippen LogP contribution in [0.2, 0.25) is 0 Å². The largest absolute Gasteiger partial charge is 0.302 e. The number of hydrogen-bond acceptors (Lipinski definition) is 2. The number of nitrogens with zero attached hydrogens (tertiary/aromatic N) is 1. The second-order valence-corrected chi connectivity index (χ2v) is 4.35. The maximum Gasteiger partial charge on any atom is 0.0576 e. The van der Waals surface area contributed by atoms with Crippen LogP contribution >= 0.6 is 0 Å². The average Bonchev–Trinajstić information content (AvgIpc) is 2.89. The maximum atomic E-state index is 5.23. The Kier molecular flexibility index (Phi) is 2.57. The van der Waals surface area contributed by atoms with Gasteiger partial charge in [0.05, 0.1) is 6.54 Å². The lowest BCUT2D eigenvalue weighted by atomic mass is 10.1. The fourth-order valence-electron chi connectivity index (χ4n) is 2.20. The van der Waals surface area contributed by atoms with Gasteiger partial charge in [0.25, 0.3) is 0 Å². The van der Waals surface area contributed by atoms with E-state index < -0.39 is 0 Å². The molecule has 2 rings (SSSR count). The highest BCUT2D eigenvalue weighted by Crippen LogP contribution is 2.31. The second kappa shape index (κ2) is 3.69. The van der Waals surface area contributed by atoms with Crippen LogP contribution in [0.25, 0.3) is 0 Å². The topological polar surface area (TPSA) is 15.3 Å². The summed E-state index contributed by atoms with van der Waals surface area (Å²) in [6, 6.07) is 1.52. The molecule has 2 nitrogen and oxygen atoms in total. The van der Waals surface area contributed by atoms with Crippen molar-refractivity contribution in [2.24, 2.45) is 5.92 Å². The molecule has 0 aromatic carbocycles. The fraction of sp³-hybridized carbons (Fsp3) is 0.818. The van der Waals surface area contributed by atoms with E-state index >= 15 is 0 Å². The summed E-state index contributed by atoms with van der Waals surface area (Å²) in [4.78, 5) is 2.61. The molecule has 1 heterocycles. The molecule has 1 aliphatic carbocycles. The van der Waals surface area contributed by atoms with Crippen LogP contribution in [0.1, 0.15) is 19.8 Å². The van der Waals surface area contributed by atoms with Crippen molar-refractivity contribution in [3.05, 3.63) is 0 Å². The van der Waals surface area contributed by atoms with Crippen molar-refractivity contribution >= 4 is 0 Å². The molecule has 1 N–H and O–H groups in total. The molecule has 2 unspecified atom stereocenters. The van der Waals surface area contributed by atoms with Crippen LogP contribution in [0.5, 0.6) is 0 Å². The van der Waals surface area contributed by atoms with Crippen LogP contribution in [0.4, 0.5) is 0 Å². The Morgan fingerprint density at radius 1 is 1.46 bits per heavy atom. The van der Waals surface area contributed by atoms with Crippen molar-refractivity contribution in [2.75, 3.05) is 19.6 Å². The van der Waals surface area contributed by atoms with Gasteiger partial charge < -0.3 is 5.32 Å². The third-order valence-corrected chi connectivity index (χ3v) is 3.17. The van der Waals surface area contributed by atoms with Gasteiger partial charge in [0.15, 0.2) is 0 Å². The minimum Gasteiger partial charge on any atom is -0.302 e. The van der Waals surface area contributed by atoms with Crippen LogP contribution in [-0.4, -0.2) is 36.6 Å². The van der Waals surface area contributed by atoms with Gasteiger partial charge in [-0.2, -0.15) is 0 Å². The average molecular weight is 178 g/mol. The van der Waals surface area contributed by atoms with Crippen molar-refractivity contribution in [3.8, 4) is 12.3 Å². The first-order chi connectivity index (χ1) is 6.31. The van der Waals surface area contributed by atoms with E-state index in [1.807, 2.05) is 0 Å². The molecular weight excluding hydrogens is 160 g/mol. The van der Waals surface area contributed by atoms with E-state index in [9.17, 15) is 0 Å². The summed E-state index contributed by atoms with van der Waals surface area (Å²) in [7, 11) is 0. The van der Waals surface area contributed by atoms with Gasteiger partial charge in [-0.05, 0) is 18.8 Å². The Bertz CT molecular complexity index is 215. The van der Waals surface area contributed by atoms with E-state index in [1.165, 1.54) is 25.9 Å². The quantitative estimate of drug-likeness (QED) is 0.640. The minimum absolute atomic E-state index is 0.622. The van der Waals surface area contributed by atoms with Crippen LogP contribution in [0.3, 0.4) is 0 Å². The Hall–Kier alpha value is -0.520. The number of likely N-dealkylation sites (tertiary alicyclic amines) is 1. The number of nitrogens with one attached hydrogen (secondary N) is 1. The first-order valence-corrected chi connectivity index (χ1v) is 5.22. The molecule has 0 radical (unpaired) electrons. The van der Waals surface area contributed by atoms with Crippen molar-refractivity contribution in [3.63, 3.8) is 0 Å². The summed E-state index contributed by atoms with van der Waals surface area (Å²) >= 11 is 0. The van der Waals surface area contributed by atoms with Gasteiger partial charge in [-0.15, -0.1) is 6.42 Å². The summed E-state index contributed by atoms with van der Waals surface area (Å²) < 4.78 is 0. The zero-order valence-corrected chi connectivity index (χ0v) is 8.29. The molecule has 1 saturated heterocycles. The molecule has 13 heavy (non-hydrogen) atoms. The highest BCUT2D eigenvalue weighted by Gasteiger charge is 2.37. The molecule has 2 atom stereocenters. The van der Waals surface area contributed by atoms with Crippen molar-refractivity contribution in [1.82, 2.24) is 10.2 Å². The molecule has 2 fully saturated rings. The Morgan fingerprint density at radius 3 is 2.85 bits per heavy atom. The minimum atomic E-state index is 0.622. The zero-order chi connectivity index (χ0) is 9.26. The molecule has 2 aliphatic rings. The summed E-state index contributed by atoms with van der Waals surface area (Å²) in [6.45, 7) is 5.49. The molecule has 0 spiro atoms. The Balaban J connectivity index is 1.81. The Labute approximate surface area is 80.7 Å². The van der Waals surface area contributed by atoms with Crippen LogP contribution in [0.15, 0.2) is 0 Å². The molecular formula is C11H18N2. The number of hydrogen-bond donors (Lipinski definition) is 1. The molecule has 0 bridgehead atoms. The third-order valence-electron chi connectivity index (χ3n) is 3.17. The zero-order valence-electron chi connectivity index (χ0n) is 8.29. The maximum absolute atomic E-state index is 5.23. The molecule has 0 aromatic heterocycles. The van der Waals surface area contributed by atoms with Crippen molar-refractivity contribution in [1.29, 1.82) is 0 Å². The number of terminal acetylenes is 1. The van der Waals surface area contributed by atoms with Crippen LogP contribution < -0.4 is 5.32 Å². The van der Waals surface area contributed by atoms with E-state index in [1.54, 1.807) is 0 Å². The molecule has 72 valence electrons. The third kappa shape index (κ3) is 2.04. The molecule has 0 amide bonds. The van der Waals surface area contributed by atoms with Crippen LogP contribution in [-0.2, 0) is 0 Å². The molecule has 2 heteroatoms. The van der Waals surface area contributed by atoms with Crippen molar-refractivity contribution in [2.45, 2.75) is 31.8 Å². The predicted octanol–water partition coefficient (Wildman–Crippen LogP) is 0.692. The lowest BCUT2D eigenvalue weighted by molar-refractivity contribution is 0.314. The smallest absolute Gasteiger partial charge is 0.0576 e. The van der Waals surface area contributed by atoms with E-state index in [4.69, 9.17) is 6.42 Å². The predicted molar refractivity (Wildman–Crippen MR) is 54.4 cm³/mol. The van der Waals surface area contributed by atoms with Crippen molar-refractivity contribution < 1.29 is 0 Å². The first-order valence-electron chi connectivity index (χ1n) is 5.22. The molecule has 1 saturated carbocycles. The van der Waals surface area contributed by atoms with Gasteiger partial charge in [0, 0.05) is 25.2 Å². The van der Waals surface area contributed by atoms with Gasteiger partial charge in [-0.25, -0.2) is 0 Å². The van der Waals surface area contributed by atoms with Gasteiger partial charge in [-0.1, -0.05) is 12.8 Å². The van der Waals surface area contributed by atoms with E-state index in [0.29, 0.717) is 12.6 Å². The van der Waals surface area contributed by atoms with Gasteiger partial charge in [0.1, 0.15) is 0 Å². The van der Waals surface area contributed by atoms with Gasteiger partial charge in [-0.3, -0.25) is 4.90 Å². The molecule has 0 aromatic rings. The normalized spacial score (nSPS) is 34.8. The summed E-state index contributed by atoms with van der Waals surface area (Å²) in [5.41, 5.74) is 0. The SMILES string of the molecule is C#CCNC1CN(C2CC2)CC1C. The Morgan fingerprint density at radius 2 is 2.23 bits per heavy atom. The summed E-state index contributed by atoms with van der Waals surface area (Å²) in [5, 5.41) is 3.42. The second-order valence-electron chi connectivity index (χ2n) is 4.35. The summed E-state index contributed by atoms with van der Waals surface area (Å²) in [6.07, 6.45) is 8.06. The highest BCUT2D eigenvalue weighted by atomic mass is 15.2. The first kappa shape index (κ1) is 9.05. The van der Waals surface area contributed by atoms with Gasteiger partial charge in [0.2, 0.25) is 0 Å². The van der Waals surface area contributed by atoms with E-state index in [0.717, 1.165) is 12.0 Å². The summed E-state index contributed by atoms with van der Waals surface area (Å²) in [5.74, 6) is 3.40. The van der Waals surface area contributed by atoms with Crippen LogP contribution in [0, 0.1) is 18.3 Å². The van der Waals surface area contributed by atoms with E-state index in [2.05, 4.69) is 23.1 Å². The van der Waals surface area contributed by atoms with Gasteiger partial charge >= 0.3 is 0 Å². The fourth-order valence-corrected chi connectivity index (χ4v) is 2.20.